The minimum atomic E-state index is -3.82. The highest BCUT2D eigenvalue weighted by Crippen LogP contribution is 2.13. The monoisotopic (exact) mass is 538 g/mol. The zero-order chi connectivity index (χ0) is 26.4. The van der Waals surface area contributed by atoms with Crippen molar-refractivity contribution in [1.82, 2.24) is 9.44 Å². The Hall–Kier alpha value is -0.180. The van der Waals surface area contributed by atoms with E-state index >= 15 is 0 Å². The number of sulfonamides is 2. The van der Waals surface area contributed by atoms with Gasteiger partial charge in [-0.1, -0.05) is 130 Å². The quantitative estimate of drug-likeness (QED) is 0.115. The van der Waals surface area contributed by atoms with E-state index in [0.717, 1.165) is 50.4 Å². The molecule has 0 saturated heterocycles. The Bertz CT molecular complexity index is 619. The molecule has 212 valence electrons. The number of nitrogens with one attached hydrogen (secondary N) is 2. The van der Waals surface area contributed by atoms with Crippen molar-refractivity contribution < 1.29 is 16.8 Å². The van der Waals surface area contributed by atoms with Gasteiger partial charge in [0.15, 0.2) is 5.08 Å². The molecule has 0 bridgehead atoms. The zero-order valence-electron chi connectivity index (χ0n) is 23.5. The summed E-state index contributed by atoms with van der Waals surface area (Å²) in [6.07, 6.45) is 20.9. The fraction of sp³-hybridized carbons (Fsp3) is 1.00. The van der Waals surface area contributed by atoms with E-state index < -0.39 is 25.1 Å². The van der Waals surface area contributed by atoms with Crippen molar-refractivity contribution >= 4 is 20.0 Å². The van der Waals surface area contributed by atoms with Crippen LogP contribution in [-0.4, -0.2) is 35.0 Å². The van der Waals surface area contributed by atoms with Gasteiger partial charge in [0.05, 0.1) is 0 Å². The average Bonchev–Trinajstić information content (AvgIpc) is 2.74. The van der Waals surface area contributed by atoms with Crippen LogP contribution in [-0.2, 0) is 20.0 Å². The predicted octanol–water partition coefficient (Wildman–Crippen LogP) is 7.12. The van der Waals surface area contributed by atoms with Gasteiger partial charge in [-0.2, -0.15) is 0 Å². The van der Waals surface area contributed by atoms with Crippen molar-refractivity contribution in [2.75, 3.05) is 18.2 Å². The van der Waals surface area contributed by atoms with Gasteiger partial charge in [-0.15, -0.1) is 0 Å². The lowest BCUT2D eigenvalue weighted by atomic mass is 10.0. The molecule has 0 amide bonds. The molecule has 2 N–H and O–H groups in total. The van der Waals surface area contributed by atoms with E-state index in [1.165, 1.54) is 77.0 Å². The lowest BCUT2D eigenvalue weighted by molar-refractivity contribution is 0.506. The maximum atomic E-state index is 12.1. The Morgan fingerprint density at radius 1 is 0.429 bits per heavy atom. The first kappa shape index (κ1) is 34.8. The van der Waals surface area contributed by atoms with E-state index in [1.54, 1.807) is 0 Å². The molecular formula is C27H58N2O4S2. The van der Waals surface area contributed by atoms with E-state index in [2.05, 4.69) is 37.1 Å². The largest absolute Gasteiger partial charge is 0.227 e. The van der Waals surface area contributed by atoms with Gasteiger partial charge in [-0.05, 0) is 24.7 Å². The standard InChI is InChI=1S/C27H58N2O4S2/c1-26(2)21-17-13-9-5-7-11-15-19-23-28-34(30,31)25-35(32,33)29-24-20-16-12-8-6-10-14-18-22-27(3)4/h26-29H,5-25H2,1-4H3. The molecule has 0 rings (SSSR count). The molecule has 0 atom stereocenters. The molecule has 0 saturated carbocycles. The molecular weight excluding hydrogens is 480 g/mol. The van der Waals surface area contributed by atoms with Gasteiger partial charge in [0, 0.05) is 13.1 Å². The Morgan fingerprint density at radius 3 is 0.971 bits per heavy atom. The van der Waals surface area contributed by atoms with Crippen LogP contribution in [0.5, 0.6) is 0 Å². The zero-order valence-corrected chi connectivity index (χ0v) is 25.1. The maximum Gasteiger partial charge on any atom is 0.227 e. The van der Waals surface area contributed by atoms with Gasteiger partial charge in [-0.3, -0.25) is 0 Å². The minimum Gasteiger partial charge on any atom is -0.214 e. The summed E-state index contributed by atoms with van der Waals surface area (Å²) in [5, 5.41) is -0.882. The first-order valence-corrected chi connectivity index (χ1v) is 17.8. The van der Waals surface area contributed by atoms with Crippen LogP contribution < -0.4 is 9.44 Å². The van der Waals surface area contributed by atoms with E-state index in [4.69, 9.17) is 0 Å². The normalized spacial score (nSPS) is 12.7. The van der Waals surface area contributed by atoms with Gasteiger partial charge in [-0.25, -0.2) is 26.3 Å². The summed E-state index contributed by atoms with van der Waals surface area (Å²) in [4.78, 5) is 0. The van der Waals surface area contributed by atoms with Gasteiger partial charge in [0.2, 0.25) is 20.0 Å². The van der Waals surface area contributed by atoms with Crippen molar-refractivity contribution in [3.63, 3.8) is 0 Å². The van der Waals surface area contributed by atoms with Crippen LogP contribution in [0.1, 0.15) is 143 Å². The molecule has 0 aromatic heterocycles. The third-order valence-corrected chi connectivity index (χ3v) is 10.1. The Morgan fingerprint density at radius 2 is 0.686 bits per heavy atom. The fourth-order valence-electron chi connectivity index (χ4n) is 4.22. The van der Waals surface area contributed by atoms with Crippen molar-refractivity contribution in [2.45, 2.75) is 143 Å². The second kappa shape index (κ2) is 21.9. The summed E-state index contributed by atoms with van der Waals surface area (Å²) in [6, 6.07) is 0. The van der Waals surface area contributed by atoms with Crippen molar-refractivity contribution in [2.24, 2.45) is 11.8 Å². The first-order chi connectivity index (χ1) is 16.5. The average molecular weight is 539 g/mol. The molecule has 0 fully saturated rings. The highest BCUT2D eigenvalue weighted by atomic mass is 32.3. The van der Waals surface area contributed by atoms with Crippen LogP contribution in [0, 0.1) is 11.8 Å². The Balaban J connectivity index is 3.67. The van der Waals surface area contributed by atoms with Gasteiger partial charge in [0.1, 0.15) is 0 Å². The van der Waals surface area contributed by atoms with Crippen LogP contribution in [0.3, 0.4) is 0 Å². The molecule has 0 heterocycles. The SMILES string of the molecule is CC(C)CCCCCCCCCCNS(=O)(=O)CS(=O)(=O)NCCCCCCCCCCC(C)C. The van der Waals surface area contributed by atoms with E-state index in [1.807, 2.05) is 0 Å². The minimum absolute atomic E-state index is 0.309. The van der Waals surface area contributed by atoms with Crippen LogP contribution in [0.2, 0.25) is 0 Å². The van der Waals surface area contributed by atoms with E-state index in [-0.39, 0.29) is 0 Å². The summed E-state index contributed by atoms with van der Waals surface area (Å²) < 4.78 is 53.4. The fourth-order valence-corrected chi connectivity index (χ4v) is 7.43. The summed E-state index contributed by atoms with van der Waals surface area (Å²) in [5.74, 6) is 1.58. The topological polar surface area (TPSA) is 92.3 Å². The van der Waals surface area contributed by atoms with Crippen molar-refractivity contribution in [1.29, 1.82) is 0 Å². The van der Waals surface area contributed by atoms with Gasteiger partial charge < -0.3 is 0 Å². The summed E-state index contributed by atoms with van der Waals surface area (Å²) in [6.45, 7) is 9.67. The molecule has 0 radical (unpaired) electrons. The second-order valence-electron chi connectivity index (χ2n) is 11.2. The number of rotatable bonds is 26. The summed E-state index contributed by atoms with van der Waals surface area (Å²) in [7, 11) is -7.65. The molecule has 0 aliphatic carbocycles. The lowest BCUT2D eigenvalue weighted by Gasteiger charge is -2.09. The highest BCUT2D eigenvalue weighted by Gasteiger charge is 2.21. The molecule has 0 aromatic carbocycles. The summed E-state index contributed by atoms with van der Waals surface area (Å²) in [5.41, 5.74) is 0. The van der Waals surface area contributed by atoms with Crippen LogP contribution >= 0.6 is 0 Å². The molecule has 8 heteroatoms. The third kappa shape index (κ3) is 26.7. The van der Waals surface area contributed by atoms with Gasteiger partial charge >= 0.3 is 0 Å². The Labute approximate surface area is 219 Å². The number of hydrogen-bond acceptors (Lipinski definition) is 4. The van der Waals surface area contributed by atoms with Gasteiger partial charge in [0.25, 0.3) is 0 Å². The highest BCUT2D eigenvalue weighted by molar-refractivity contribution is 8.06. The first-order valence-electron chi connectivity index (χ1n) is 14.5. The number of hydrogen-bond donors (Lipinski definition) is 2. The molecule has 35 heavy (non-hydrogen) atoms. The van der Waals surface area contributed by atoms with Crippen molar-refractivity contribution in [3.05, 3.63) is 0 Å². The maximum absolute atomic E-state index is 12.1. The summed E-state index contributed by atoms with van der Waals surface area (Å²) >= 11 is 0. The van der Waals surface area contributed by atoms with E-state index in [9.17, 15) is 16.8 Å². The van der Waals surface area contributed by atoms with Crippen LogP contribution in [0.15, 0.2) is 0 Å². The lowest BCUT2D eigenvalue weighted by Crippen LogP contribution is -2.36. The van der Waals surface area contributed by atoms with Crippen LogP contribution in [0.25, 0.3) is 0 Å². The second-order valence-corrected chi connectivity index (χ2v) is 15.1. The predicted molar refractivity (Wildman–Crippen MR) is 151 cm³/mol. The molecule has 0 unspecified atom stereocenters. The molecule has 0 spiro atoms. The molecule has 6 nitrogen and oxygen atoms in total. The molecule has 0 aliphatic rings. The smallest absolute Gasteiger partial charge is 0.214 e. The van der Waals surface area contributed by atoms with E-state index in [0.29, 0.717) is 13.1 Å². The Kier molecular flexibility index (Phi) is 21.8. The number of unbranched alkanes of at least 4 members (excludes halogenated alkanes) is 14. The third-order valence-electron chi connectivity index (χ3n) is 6.37. The van der Waals surface area contributed by atoms with Crippen LogP contribution in [0.4, 0.5) is 0 Å². The molecule has 0 aliphatic heterocycles. The van der Waals surface area contributed by atoms with Crippen molar-refractivity contribution in [3.8, 4) is 0 Å². The molecule has 0 aromatic rings.